The Kier molecular flexibility index (Phi) is 3.81. The molecule has 1 fully saturated rings. The van der Waals surface area contributed by atoms with Gasteiger partial charge in [-0.3, -0.25) is 4.79 Å². The van der Waals surface area contributed by atoms with Gasteiger partial charge in [0, 0.05) is 32.3 Å². The number of oxazole rings is 1. The van der Waals surface area contributed by atoms with Crippen LogP contribution in [0.2, 0.25) is 0 Å². The molecule has 1 aliphatic heterocycles. The van der Waals surface area contributed by atoms with Crippen LogP contribution in [0.25, 0.3) is 0 Å². The van der Waals surface area contributed by atoms with E-state index in [4.69, 9.17) is 4.42 Å². The molecule has 21 heavy (non-hydrogen) atoms. The summed E-state index contributed by atoms with van der Waals surface area (Å²) >= 11 is 0. The van der Waals surface area contributed by atoms with Gasteiger partial charge in [0.2, 0.25) is 0 Å². The molecular formula is C14H17N5O2. The molecule has 7 nitrogen and oxygen atoms in total. The zero-order chi connectivity index (χ0) is 14.7. The van der Waals surface area contributed by atoms with E-state index in [0.717, 1.165) is 18.7 Å². The van der Waals surface area contributed by atoms with Gasteiger partial charge in [-0.25, -0.2) is 15.0 Å². The minimum atomic E-state index is -0.0627. The number of nitrogens with zero attached hydrogens (tertiary/aromatic N) is 4. The summed E-state index contributed by atoms with van der Waals surface area (Å²) in [6.07, 6.45) is 6.41. The summed E-state index contributed by atoms with van der Waals surface area (Å²) < 4.78 is 5.09. The standard InChI is InChI=1S/C14H17N5O2/c1-10-17-12(8-21-10)14(20)19-6-3-11(4-7-19)18-13-2-5-15-9-16-13/h2,5,8-9,11H,3-4,6-7H2,1H3,(H,15,16,18). The van der Waals surface area contributed by atoms with Gasteiger partial charge in [0.15, 0.2) is 11.6 Å². The molecule has 1 aliphatic rings. The van der Waals surface area contributed by atoms with Crippen molar-refractivity contribution in [1.29, 1.82) is 0 Å². The summed E-state index contributed by atoms with van der Waals surface area (Å²) in [5, 5.41) is 3.36. The van der Waals surface area contributed by atoms with E-state index in [0.29, 0.717) is 30.7 Å². The highest BCUT2D eigenvalue weighted by molar-refractivity contribution is 5.92. The van der Waals surface area contributed by atoms with Crippen molar-refractivity contribution >= 4 is 11.7 Å². The Hall–Kier alpha value is -2.44. The molecule has 0 spiro atoms. The van der Waals surface area contributed by atoms with Crippen LogP contribution in [0.3, 0.4) is 0 Å². The number of carbonyl (C=O) groups excluding carboxylic acids is 1. The fraction of sp³-hybridized carbons (Fsp3) is 0.429. The molecule has 7 heteroatoms. The van der Waals surface area contributed by atoms with Crippen molar-refractivity contribution in [2.45, 2.75) is 25.8 Å². The molecule has 3 rings (SSSR count). The zero-order valence-corrected chi connectivity index (χ0v) is 11.8. The largest absolute Gasteiger partial charge is 0.448 e. The van der Waals surface area contributed by atoms with Crippen molar-refractivity contribution in [2.24, 2.45) is 0 Å². The van der Waals surface area contributed by atoms with Crippen molar-refractivity contribution in [3.05, 3.63) is 36.4 Å². The summed E-state index contributed by atoms with van der Waals surface area (Å²) in [6, 6.07) is 2.17. The van der Waals surface area contributed by atoms with E-state index in [2.05, 4.69) is 20.3 Å². The van der Waals surface area contributed by atoms with E-state index >= 15 is 0 Å². The molecule has 0 bridgehead atoms. The van der Waals surface area contributed by atoms with Crippen LogP contribution < -0.4 is 5.32 Å². The number of hydrogen-bond acceptors (Lipinski definition) is 6. The number of anilines is 1. The second kappa shape index (κ2) is 5.90. The lowest BCUT2D eigenvalue weighted by Gasteiger charge is -2.32. The van der Waals surface area contributed by atoms with Crippen LogP contribution in [0, 0.1) is 6.92 Å². The van der Waals surface area contributed by atoms with E-state index in [9.17, 15) is 4.79 Å². The summed E-state index contributed by atoms with van der Waals surface area (Å²) in [5.41, 5.74) is 0.384. The third-order valence-corrected chi connectivity index (χ3v) is 3.55. The Balaban J connectivity index is 1.54. The maximum Gasteiger partial charge on any atom is 0.275 e. The maximum atomic E-state index is 12.2. The monoisotopic (exact) mass is 287 g/mol. The molecule has 1 amide bonds. The SMILES string of the molecule is Cc1nc(C(=O)N2CCC(Nc3ccncn3)CC2)co1. The second-order valence-corrected chi connectivity index (χ2v) is 5.06. The molecule has 3 heterocycles. The van der Waals surface area contributed by atoms with Gasteiger partial charge in [0.1, 0.15) is 18.4 Å². The lowest BCUT2D eigenvalue weighted by atomic mass is 10.0. The van der Waals surface area contributed by atoms with Gasteiger partial charge in [0.25, 0.3) is 5.91 Å². The first-order valence-electron chi connectivity index (χ1n) is 6.96. The van der Waals surface area contributed by atoms with Gasteiger partial charge in [0.05, 0.1) is 0 Å². The number of aromatic nitrogens is 3. The molecule has 0 radical (unpaired) electrons. The first-order valence-corrected chi connectivity index (χ1v) is 6.96. The first-order chi connectivity index (χ1) is 10.2. The topological polar surface area (TPSA) is 84.2 Å². The predicted octanol–water partition coefficient (Wildman–Crippen LogP) is 1.49. The van der Waals surface area contributed by atoms with Crippen molar-refractivity contribution < 1.29 is 9.21 Å². The van der Waals surface area contributed by atoms with Crippen LogP contribution in [0.5, 0.6) is 0 Å². The summed E-state index contributed by atoms with van der Waals surface area (Å²) in [5.74, 6) is 1.27. The lowest BCUT2D eigenvalue weighted by Crippen LogP contribution is -2.42. The normalized spacial score (nSPS) is 16.0. The number of carbonyl (C=O) groups is 1. The fourth-order valence-corrected chi connectivity index (χ4v) is 2.44. The van der Waals surface area contributed by atoms with E-state index in [-0.39, 0.29) is 5.91 Å². The summed E-state index contributed by atoms with van der Waals surface area (Å²) in [7, 11) is 0. The van der Waals surface area contributed by atoms with Crippen LogP contribution in [0.1, 0.15) is 29.2 Å². The van der Waals surface area contributed by atoms with Gasteiger partial charge in [-0.05, 0) is 18.9 Å². The molecule has 110 valence electrons. The van der Waals surface area contributed by atoms with Crippen LogP contribution in [-0.4, -0.2) is 44.9 Å². The number of rotatable bonds is 3. The van der Waals surface area contributed by atoms with Crippen molar-refractivity contribution in [1.82, 2.24) is 19.9 Å². The average Bonchev–Trinajstić information content (AvgIpc) is 2.95. The van der Waals surface area contributed by atoms with Gasteiger partial charge >= 0.3 is 0 Å². The second-order valence-electron chi connectivity index (χ2n) is 5.06. The van der Waals surface area contributed by atoms with E-state index in [1.807, 2.05) is 11.0 Å². The van der Waals surface area contributed by atoms with Crippen LogP contribution in [-0.2, 0) is 0 Å². The Morgan fingerprint density at radius 2 is 2.24 bits per heavy atom. The van der Waals surface area contributed by atoms with E-state index in [1.165, 1.54) is 12.6 Å². The number of hydrogen-bond donors (Lipinski definition) is 1. The van der Waals surface area contributed by atoms with Crippen molar-refractivity contribution in [3.63, 3.8) is 0 Å². The molecular weight excluding hydrogens is 270 g/mol. The van der Waals surface area contributed by atoms with Crippen molar-refractivity contribution in [2.75, 3.05) is 18.4 Å². The third kappa shape index (κ3) is 3.18. The molecule has 0 unspecified atom stereocenters. The minimum absolute atomic E-state index is 0.0627. The van der Waals surface area contributed by atoms with E-state index < -0.39 is 0 Å². The van der Waals surface area contributed by atoms with Crippen LogP contribution >= 0.6 is 0 Å². The zero-order valence-electron chi connectivity index (χ0n) is 11.8. The Labute approximate surface area is 122 Å². The Morgan fingerprint density at radius 1 is 1.43 bits per heavy atom. The molecule has 0 saturated carbocycles. The molecule has 2 aromatic rings. The molecule has 0 aliphatic carbocycles. The number of piperidine rings is 1. The summed E-state index contributed by atoms with van der Waals surface area (Å²) in [6.45, 7) is 3.13. The smallest absolute Gasteiger partial charge is 0.275 e. The molecule has 0 atom stereocenters. The molecule has 1 N–H and O–H groups in total. The average molecular weight is 287 g/mol. The minimum Gasteiger partial charge on any atom is -0.448 e. The number of aryl methyl sites for hydroxylation is 1. The third-order valence-electron chi connectivity index (χ3n) is 3.55. The fourth-order valence-electron chi connectivity index (χ4n) is 2.44. The van der Waals surface area contributed by atoms with Gasteiger partial charge in [-0.1, -0.05) is 0 Å². The molecule has 0 aromatic carbocycles. The highest BCUT2D eigenvalue weighted by atomic mass is 16.3. The molecule has 2 aromatic heterocycles. The van der Waals surface area contributed by atoms with Gasteiger partial charge in [-0.15, -0.1) is 0 Å². The van der Waals surface area contributed by atoms with Crippen LogP contribution in [0.15, 0.2) is 29.3 Å². The Bertz CT molecular complexity index is 605. The quantitative estimate of drug-likeness (QED) is 0.920. The lowest BCUT2D eigenvalue weighted by molar-refractivity contribution is 0.0712. The van der Waals surface area contributed by atoms with Crippen molar-refractivity contribution in [3.8, 4) is 0 Å². The Morgan fingerprint density at radius 3 is 2.86 bits per heavy atom. The predicted molar refractivity (Wildman–Crippen MR) is 75.8 cm³/mol. The number of likely N-dealkylation sites (tertiary alicyclic amines) is 1. The number of nitrogens with one attached hydrogen (secondary N) is 1. The summed E-state index contributed by atoms with van der Waals surface area (Å²) in [4.78, 5) is 26.2. The van der Waals surface area contributed by atoms with E-state index in [1.54, 1.807) is 13.1 Å². The maximum absolute atomic E-state index is 12.2. The van der Waals surface area contributed by atoms with Gasteiger partial charge < -0.3 is 14.6 Å². The highest BCUT2D eigenvalue weighted by Gasteiger charge is 2.25. The van der Waals surface area contributed by atoms with Gasteiger partial charge in [-0.2, -0.15) is 0 Å². The first kappa shape index (κ1) is 13.5. The van der Waals surface area contributed by atoms with Crippen LogP contribution in [0.4, 0.5) is 5.82 Å². The highest BCUT2D eigenvalue weighted by Crippen LogP contribution is 2.16. The molecule has 1 saturated heterocycles. The number of amides is 1.